The van der Waals surface area contributed by atoms with E-state index in [9.17, 15) is 0 Å². The first-order valence-corrected chi connectivity index (χ1v) is 3.73. The molecule has 5 heteroatoms. The second-order valence-corrected chi connectivity index (χ2v) is 2.08. The molecule has 0 aliphatic carbocycles. The predicted molar refractivity (Wildman–Crippen MR) is 49.6 cm³/mol. The second kappa shape index (κ2) is 13.1. The number of rotatable bonds is 7. The molecule has 0 aromatic heterocycles. The normalized spacial score (nSPS) is 9.27. The van der Waals surface area contributed by atoms with Crippen molar-refractivity contribution in [2.24, 2.45) is 11.5 Å². The Hall–Kier alpha value is 0.437. The number of hydrogen-bond acceptors (Lipinski definition) is 4. The molecule has 0 atom stereocenters. The molecule has 11 heavy (non-hydrogen) atoms. The van der Waals surface area contributed by atoms with Gasteiger partial charge in [-0.3, -0.25) is 0 Å². The van der Waals surface area contributed by atoms with E-state index in [4.69, 9.17) is 11.5 Å². The first-order chi connectivity index (χ1) is 4.91. The van der Waals surface area contributed by atoms with Crippen molar-refractivity contribution in [1.82, 2.24) is 10.6 Å². The van der Waals surface area contributed by atoms with Gasteiger partial charge in [0.2, 0.25) is 0 Å². The summed E-state index contributed by atoms with van der Waals surface area (Å²) < 4.78 is 0. The molecule has 0 amide bonds. The van der Waals surface area contributed by atoms with Gasteiger partial charge >= 0.3 is 0 Å². The molecule has 0 unspecified atom stereocenters. The van der Waals surface area contributed by atoms with Crippen molar-refractivity contribution in [2.45, 2.75) is 0 Å². The fourth-order valence-electron chi connectivity index (χ4n) is 0.631. The van der Waals surface area contributed by atoms with Gasteiger partial charge < -0.3 is 22.1 Å². The van der Waals surface area contributed by atoms with Crippen LogP contribution in [0.3, 0.4) is 0 Å². The van der Waals surface area contributed by atoms with E-state index in [1.54, 1.807) is 0 Å². The van der Waals surface area contributed by atoms with E-state index in [1.165, 1.54) is 0 Å². The van der Waals surface area contributed by atoms with Gasteiger partial charge in [0.05, 0.1) is 0 Å². The summed E-state index contributed by atoms with van der Waals surface area (Å²) in [5.41, 5.74) is 10.5. The molecular weight excluding hydrogens is 135 g/mol. The topological polar surface area (TPSA) is 76.1 Å². The average molecular weight is 153 g/mol. The zero-order valence-corrected chi connectivity index (χ0v) is 7.40. The molecule has 0 spiro atoms. The molecule has 0 aromatic rings. The maximum absolute atomic E-state index is 5.27. The summed E-state index contributed by atoms with van der Waals surface area (Å²) in [6, 6.07) is 0. The van der Waals surface area contributed by atoms with Gasteiger partial charge in [0, 0.05) is 58.1 Å². The summed E-state index contributed by atoms with van der Waals surface area (Å²) in [4.78, 5) is 0. The fourth-order valence-corrected chi connectivity index (χ4v) is 0.631. The zero-order valence-electron chi connectivity index (χ0n) is 7.40. The minimum Gasteiger partial charge on any atom is -0.329 e. The summed E-state index contributed by atoms with van der Waals surface area (Å²) in [5.74, 6) is 0. The van der Waals surface area contributed by atoms with Crippen molar-refractivity contribution >= 4 is 18.9 Å². The molecule has 0 aromatic carbocycles. The van der Waals surface area contributed by atoms with Crippen LogP contribution in [0.4, 0.5) is 0 Å². The van der Waals surface area contributed by atoms with Crippen LogP contribution in [0.15, 0.2) is 0 Å². The van der Waals surface area contributed by atoms with Gasteiger partial charge in [-0.25, -0.2) is 0 Å². The molecule has 0 bridgehead atoms. The monoisotopic (exact) mass is 153 g/mol. The van der Waals surface area contributed by atoms with Crippen molar-refractivity contribution in [2.75, 3.05) is 39.3 Å². The van der Waals surface area contributed by atoms with Crippen LogP contribution < -0.4 is 22.1 Å². The summed E-state index contributed by atoms with van der Waals surface area (Å²) in [6.45, 7) is 5.14. The Morgan fingerprint density at radius 1 is 0.727 bits per heavy atom. The van der Waals surface area contributed by atoms with Crippen molar-refractivity contribution in [1.29, 1.82) is 0 Å². The van der Waals surface area contributed by atoms with E-state index in [0.717, 1.165) is 26.2 Å². The molecule has 6 N–H and O–H groups in total. The molecule has 0 saturated carbocycles. The third kappa shape index (κ3) is 13.4. The number of nitrogens with two attached hydrogens (primary N) is 2. The van der Waals surface area contributed by atoms with Crippen molar-refractivity contribution in [3.8, 4) is 0 Å². The van der Waals surface area contributed by atoms with Crippen molar-refractivity contribution in [3.63, 3.8) is 0 Å². The van der Waals surface area contributed by atoms with Crippen LogP contribution in [0.2, 0.25) is 0 Å². The number of hydrogen-bond donors (Lipinski definition) is 4. The molecule has 0 fully saturated rings. The Morgan fingerprint density at radius 2 is 1.09 bits per heavy atom. The molecular formula is C6H18LiN4. The molecule has 0 aliphatic rings. The van der Waals surface area contributed by atoms with Crippen LogP contribution in [0.1, 0.15) is 0 Å². The van der Waals surface area contributed by atoms with Crippen molar-refractivity contribution < 1.29 is 0 Å². The average Bonchev–Trinajstić information content (AvgIpc) is 1.97. The van der Waals surface area contributed by atoms with E-state index in [-0.39, 0.29) is 18.9 Å². The van der Waals surface area contributed by atoms with Gasteiger partial charge in [-0.1, -0.05) is 0 Å². The van der Waals surface area contributed by atoms with Crippen LogP contribution in [0, 0.1) is 0 Å². The van der Waals surface area contributed by atoms with Gasteiger partial charge in [0.25, 0.3) is 0 Å². The standard InChI is InChI=1S/C6H18N4.Li/c7-1-3-9-5-6-10-4-2-8;/h9-10H,1-8H2;. The van der Waals surface area contributed by atoms with E-state index in [2.05, 4.69) is 10.6 Å². The third-order valence-electron chi connectivity index (χ3n) is 1.12. The van der Waals surface area contributed by atoms with E-state index in [0.29, 0.717) is 13.1 Å². The van der Waals surface area contributed by atoms with Crippen LogP contribution >= 0.6 is 0 Å². The number of nitrogens with one attached hydrogen (secondary N) is 2. The molecule has 0 rings (SSSR count). The Balaban J connectivity index is 0. The van der Waals surface area contributed by atoms with Crippen LogP contribution in [-0.4, -0.2) is 58.1 Å². The van der Waals surface area contributed by atoms with Crippen LogP contribution in [-0.2, 0) is 0 Å². The smallest absolute Gasteiger partial charge is 0.00772 e. The molecule has 1 radical (unpaired) electrons. The minimum atomic E-state index is 0. The Morgan fingerprint density at radius 3 is 1.36 bits per heavy atom. The van der Waals surface area contributed by atoms with E-state index in [1.807, 2.05) is 0 Å². The van der Waals surface area contributed by atoms with Gasteiger partial charge in [-0.15, -0.1) is 0 Å². The van der Waals surface area contributed by atoms with E-state index < -0.39 is 0 Å². The van der Waals surface area contributed by atoms with Gasteiger partial charge in [0.1, 0.15) is 0 Å². The SMILES string of the molecule is NCCNCCNCCN.[Li]. The minimum absolute atomic E-state index is 0. The fraction of sp³-hybridized carbons (Fsp3) is 1.00. The summed E-state index contributed by atoms with van der Waals surface area (Å²) in [5, 5.41) is 6.33. The largest absolute Gasteiger partial charge is 0.329 e. The van der Waals surface area contributed by atoms with Gasteiger partial charge in [0.15, 0.2) is 0 Å². The molecule has 0 heterocycles. The van der Waals surface area contributed by atoms with Gasteiger partial charge in [-0.2, -0.15) is 0 Å². The molecule has 0 saturated heterocycles. The van der Waals surface area contributed by atoms with E-state index >= 15 is 0 Å². The Kier molecular flexibility index (Phi) is 16.6. The quantitative estimate of drug-likeness (QED) is 0.245. The van der Waals surface area contributed by atoms with Crippen LogP contribution in [0.5, 0.6) is 0 Å². The third-order valence-corrected chi connectivity index (χ3v) is 1.12. The van der Waals surface area contributed by atoms with Crippen LogP contribution in [0.25, 0.3) is 0 Å². The first-order valence-electron chi connectivity index (χ1n) is 3.73. The van der Waals surface area contributed by atoms with Gasteiger partial charge in [-0.05, 0) is 0 Å². The summed E-state index contributed by atoms with van der Waals surface area (Å²) in [6.07, 6.45) is 0. The molecule has 4 nitrogen and oxygen atoms in total. The summed E-state index contributed by atoms with van der Waals surface area (Å²) in [7, 11) is 0. The van der Waals surface area contributed by atoms with Crippen molar-refractivity contribution in [3.05, 3.63) is 0 Å². The molecule has 0 aliphatic heterocycles. The zero-order chi connectivity index (χ0) is 7.66. The Labute approximate surface area is 80.6 Å². The second-order valence-electron chi connectivity index (χ2n) is 2.08. The summed E-state index contributed by atoms with van der Waals surface area (Å²) >= 11 is 0. The maximum Gasteiger partial charge on any atom is 0.00772 e. The predicted octanol–water partition coefficient (Wildman–Crippen LogP) is -2.30. The Bertz CT molecular complexity index is 54.5. The maximum atomic E-state index is 5.27. The molecule has 63 valence electrons. The first kappa shape index (κ1) is 14.0.